The Morgan fingerprint density at radius 1 is 1.40 bits per heavy atom. The number of carbonyl (C=O) groups excluding carboxylic acids is 1. The van der Waals surface area contributed by atoms with E-state index in [0.717, 1.165) is 25.2 Å². The number of benzene rings is 1. The molecule has 108 valence electrons. The topological polar surface area (TPSA) is 23.6 Å². The summed E-state index contributed by atoms with van der Waals surface area (Å²) >= 11 is 0. The molecule has 2 rings (SSSR count). The highest BCUT2D eigenvalue weighted by Gasteiger charge is 2.27. The predicted molar refractivity (Wildman–Crippen MR) is 78.7 cm³/mol. The van der Waals surface area contributed by atoms with Crippen LogP contribution in [-0.2, 0) is 4.79 Å². The SMILES string of the molecule is CN(CC=Cc1ccc(F)cc1)CC1CC(=O)N(C)C1. The maximum absolute atomic E-state index is 12.8. The molecule has 1 atom stereocenters. The van der Waals surface area contributed by atoms with E-state index in [2.05, 4.69) is 18.0 Å². The second-order valence-electron chi connectivity index (χ2n) is 5.52. The molecule has 1 aromatic carbocycles. The van der Waals surface area contributed by atoms with Crippen molar-refractivity contribution >= 4 is 12.0 Å². The summed E-state index contributed by atoms with van der Waals surface area (Å²) in [6.45, 7) is 2.60. The van der Waals surface area contributed by atoms with Gasteiger partial charge in [-0.2, -0.15) is 0 Å². The zero-order valence-corrected chi connectivity index (χ0v) is 12.1. The normalized spacial score (nSPS) is 19.5. The summed E-state index contributed by atoms with van der Waals surface area (Å²) in [7, 11) is 3.91. The van der Waals surface area contributed by atoms with Crippen LogP contribution in [0.25, 0.3) is 6.08 Å². The number of amides is 1. The third-order valence-electron chi connectivity index (χ3n) is 3.59. The number of likely N-dealkylation sites (N-methyl/N-ethyl adjacent to an activating group) is 1. The van der Waals surface area contributed by atoms with Crippen molar-refractivity contribution in [3.8, 4) is 0 Å². The van der Waals surface area contributed by atoms with Gasteiger partial charge in [0.2, 0.25) is 5.91 Å². The van der Waals surface area contributed by atoms with E-state index in [-0.39, 0.29) is 11.7 Å². The van der Waals surface area contributed by atoms with Crippen molar-refractivity contribution < 1.29 is 9.18 Å². The van der Waals surface area contributed by atoms with Crippen LogP contribution in [0.1, 0.15) is 12.0 Å². The van der Waals surface area contributed by atoms with Crippen LogP contribution in [0.4, 0.5) is 4.39 Å². The predicted octanol–water partition coefficient (Wildman–Crippen LogP) is 2.25. The first kappa shape index (κ1) is 14.7. The summed E-state index contributed by atoms with van der Waals surface area (Å²) < 4.78 is 12.8. The monoisotopic (exact) mass is 276 g/mol. The third-order valence-corrected chi connectivity index (χ3v) is 3.59. The number of rotatable bonds is 5. The van der Waals surface area contributed by atoms with E-state index < -0.39 is 0 Å². The van der Waals surface area contributed by atoms with Gasteiger partial charge >= 0.3 is 0 Å². The minimum absolute atomic E-state index is 0.214. The average molecular weight is 276 g/mol. The molecule has 1 aliphatic heterocycles. The summed E-state index contributed by atoms with van der Waals surface area (Å²) in [6.07, 6.45) is 4.71. The second kappa shape index (κ2) is 6.66. The van der Waals surface area contributed by atoms with Crippen LogP contribution in [0.5, 0.6) is 0 Å². The van der Waals surface area contributed by atoms with Gasteiger partial charge in [0.05, 0.1) is 0 Å². The van der Waals surface area contributed by atoms with Crippen LogP contribution in [-0.4, -0.2) is 49.4 Å². The quantitative estimate of drug-likeness (QED) is 0.823. The Bertz CT molecular complexity index is 484. The van der Waals surface area contributed by atoms with Gasteiger partial charge in [-0.1, -0.05) is 24.3 Å². The Balaban J connectivity index is 1.76. The molecule has 1 unspecified atom stereocenters. The Hall–Kier alpha value is -1.68. The lowest BCUT2D eigenvalue weighted by Crippen LogP contribution is -2.27. The number of nitrogens with zero attached hydrogens (tertiary/aromatic N) is 2. The summed E-state index contributed by atoms with van der Waals surface area (Å²) in [4.78, 5) is 15.5. The lowest BCUT2D eigenvalue weighted by Gasteiger charge is -2.18. The fraction of sp³-hybridized carbons (Fsp3) is 0.438. The number of hydrogen-bond acceptors (Lipinski definition) is 2. The van der Waals surface area contributed by atoms with E-state index in [9.17, 15) is 9.18 Å². The second-order valence-corrected chi connectivity index (χ2v) is 5.52. The molecule has 0 aromatic heterocycles. The lowest BCUT2D eigenvalue weighted by atomic mass is 10.1. The van der Waals surface area contributed by atoms with E-state index in [0.29, 0.717) is 12.3 Å². The van der Waals surface area contributed by atoms with Crippen molar-refractivity contribution in [3.05, 3.63) is 41.7 Å². The molecule has 0 bridgehead atoms. The molecule has 1 fully saturated rings. The third kappa shape index (κ3) is 4.17. The summed E-state index contributed by atoms with van der Waals surface area (Å²) in [6, 6.07) is 6.44. The minimum Gasteiger partial charge on any atom is -0.345 e. The van der Waals surface area contributed by atoms with Crippen molar-refractivity contribution in [1.29, 1.82) is 0 Å². The van der Waals surface area contributed by atoms with E-state index in [1.54, 1.807) is 17.0 Å². The van der Waals surface area contributed by atoms with Crippen LogP contribution in [0, 0.1) is 11.7 Å². The van der Waals surface area contributed by atoms with Crippen LogP contribution >= 0.6 is 0 Å². The summed E-state index contributed by atoms with van der Waals surface area (Å²) in [5.74, 6) is 0.455. The molecule has 1 aromatic rings. The molecule has 1 heterocycles. The number of likely N-dealkylation sites (tertiary alicyclic amines) is 1. The molecule has 0 aliphatic carbocycles. The zero-order chi connectivity index (χ0) is 14.5. The first-order chi connectivity index (χ1) is 9.54. The Labute approximate surface area is 119 Å². The van der Waals surface area contributed by atoms with Gasteiger partial charge in [0, 0.05) is 33.1 Å². The molecule has 1 amide bonds. The molecular weight excluding hydrogens is 255 g/mol. The summed E-state index contributed by atoms with van der Waals surface area (Å²) in [5, 5.41) is 0. The van der Waals surface area contributed by atoms with Crippen molar-refractivity contribution in [2.45, 2.75) is 6.42 Å². The molecule has 0 spiro atoms. The van der Waals surface area contributed by atoms with Gasteiger partial charge in [-0.05, 0) is 30.7 Å². The standard InChI is InChI=1S/C16H21FN2O/c1-18(11-14-10-16(20)19(2)12-14)9-3-4-13-5-7-15(17)8-6-13/h3-8,14H,9-12H2,1-2H3. The van der Waals surface area contributed by atoms with Gasteiger partial charge in [-0.15, -0.1) is 0 Å². The molecule has 0 radical (unpaired) electrons. The number of halogens is 1. The van der Waals surface area contributed by atoms with Crippen LogP contribution in [0.3, 0.4) is 0 Å². The van der Waals surface area contributed by atoms with Crippen molar-refractivity contribution in [3.63, 3.8) is 0 Å². The fourth-order valence-electron chi connectivity index (χ4n) is 2.54. The van der Waals surface area contributed by atoms with Gasteiger partial charge in [0.1, 0.15) is 5.82 Å². The van der Waals surface area contributed by atoms with E-state index in [1.807, 2.05) is 13.1 Å². The van der Waals surface area contributed by atoms with Gasteiger partial charge in [0.25, 0.3) is 0 Å². The molecule has 4 heteroatoms. The number of hydrogen-bond donors (Lipinski definition) is 0. The Morgan fingerprint density at radius 2 is 2.10 bits per heavy atom. The smallest absolute Gasteiger partial charge is 0.222 e. The van der Waals surface area contributed by atoms with Crippen molar-refractivity contribution in [2.75, 3.05) is 33.7 Å². The van der Waals surface area contributed by atoms with Gasteiger partial charge in [-0.25, -0.2) is 4.39 Å². The molecule has 1 aliphatic rings. The zero-order valence-electron chi connectivity index (χ0n) is 12.1. The molecule has 20 heavy (non-hydrogen) atoms. The van der Waals surface area contributed by atoms with Crippen molar-refractivity contribution in [1.82, 2.24) is 9.80 Å². The highest BCUT2D eigenvalue weighted by Crippen LogP contribution is 2.16. The van der Waals surface area contributed by atoms with E-state index in [4.69, 9.17) is 0 Å². The highest BCUT2D eigenvalue weighted by atomic mass is 19.1. The molecule has 0 saturated carbocycles. The van der Waals surface area contributed by atoms with Crippen LogP contribution in [0.2, 0.25) is 0 Å². The maximum atomic E-state index is 12.8. The summed E-state index contributed by atoms with van der Waals surface area (Å²) in [5.41, 5.74) is 0.996. The van der Waals surface area contributed by atoms with E-state index in [1.165, 1.54) is 12.1 Å². The van der Waals surface area contributed by atoms with Crippen LogP contribution < -0.4 is 0 Å². The van der Waals surface area contributed by atoms with E-state index >= 15 is 0 Å². The first-order valence-corrected chi connectivity index (χ1v) is 6.89. The maximum Gasteiger partial charge on any atom is 0.222 e. The average Bonchev–Trinajstić information content (AvgIpc) is 2.70. The largest absolute Gasteiger partial charge is 0.345 e. The van der Waals surface area contributed by atoms with Gasteiger partial charge < -0.3 is 9.80 Å². The molecular formula is C16H21FN2O. The van der Waals surface area contributed by atoms with Crippen molar-refractivity contribution in [2.24, 2.45) is 5.92 Å². The lowest BCUT2D eigenvalue weighted by molar-refractivity contribution is -0.126. The first-order valence-electron chi connectivity index (χ1n) is 6.89. The van der Waals surface area contributed by atoms with Crippen LogP contribution in [0.15, 0.2) is 30.3 Å². The van der Waals surface area contributed by atoms with Gasteiger partial charge in [-0.3, -0.25) is 4.79 Å². The Morgan fingerprint density at radius 3 is 2.70 bits per heavy atom. The number of carbonyl (C=O) groups is 1. The fourth-order valence-corrected chi connectivity index (χ4v) is 2.54. The minimum atomic E-state index is -0.214. The molecule has 3 nitrogen and oxygen atoms in total. The molecule has 0 N–H and O–H groups in total. The van der Waals surface area contributed by atoms with Gasteiger partial charge in [0.15, 0.2) is 0 Å². The Kier molecular flexibility index (Phi) is 4.90. The molecule has 1 saturated heterocycles. The highest BCUT2D eigenvalue weighted by molar-refractivity contribution is 5.78.